The van der Waals surface area contributed by atoms with E-state index in [1.165, 1.54) is 5.01 Å². The number of aliphatic imine (C=N–C) groups is 1. The summed E-state index contributed by atoms with van der Waals surface area (Å²) in [6.07, 6.45) is 0.498. The number of ether oxygens (including phenoxy) is 3. The second-order valence-corrected chi connectivity index (χ2v) is 6.63. The molecule has 0 heterocycles. The molecule has 2 aromatic rings. The Balaban J connectivity index is 2.00. The van der Waals surface area contributed by atoms with E-state index in [0.717, 1.165) is 22.6 Å². The van der Waals surface area contributed by atoms with Gasteiger partial charge in [0.1, 0.15) is 17.2 Å². The van der Waals surface area contributed by atoms with Crippen LogP contribution in [-0.4, -0.2) is 43.9 Å². The summed E-state index contributed by atoms with van der Waals surface area (Å²) in [6.45, 7) is 2.59. The van der Waals surface area contributed by atoms with Crippen molar-refractivity contribution >= 4 is 11.6 Å². The first-order valence-corrected chi connectivity index (χ1v) is 9.47. The van der Waals surface area contributed by atoms with Gasteiger partial charge in [0.05, 0.1) is 38.8 Å². The van der Waals surface area contributed by atoms with E-state index < -0.39 is 0 Å². The lowest BCUT2D eigenvalue weighted by molar-refractivity contribution is 0.285. The van der Waals surface area contributed by atoms with Crippen molar-refractivity contribution in [1.29, 1.82) is 0 Å². The van der Waals surface area contributed by atoms with E-state index in [1.807, 2.05) is 18.2 Å². The summed E-state index contributed by atoms with van der Waals surface area (Å²) >= 11 is 0. The molecular formula is C22H30N4O4. The van der Waals surface area contributed by atoms with Crippen LogP contribution in [0.1, 0.15) is 24.5 Å². The van der Waals surface area contributed by atoms with Crippen molar-refractivity contribution in [2.24, 2.45) is 16.6 Å². The molecule has 0 aliphatic carbocycles. The SMILES string of the molecule is COc1ccc(C/N=C(\C)OCC/C(=C(/N)c2ccc(O)cc2)N(C)N)c(OC)c1. The molecule has 30 heavy (non-hydrogen) atoms. The number of methoxy groups -OCH3 is 2. The zero-order valence-corrected chi connectivity index (χ0v) is 17.9. The van der Waals surface area contributed by atoms with Gasteiger partial charge in [-0.1, -0.05) is 0 Å². The van der Waals surface area contributed by atoms with Crippen LogP contribution in [0.25, 0.3) is 5.70 Å². The van der Waals surface area contributed by atoms with E-state index in [-0.39, 0.29) is 5.75 Å². The lowest BCUT2D eigenvalue weighted by atomic mass is 10.1. The van der Waals surface area contributed by atoms with Gasteiger partial charge >= 0.3 is 0 Å². The number of aromatic hydroxyl groups is 1. The predicted molar refractivity (Wildman–Crippen MR) is 118 cm³/mol. The van der Waals surface area contributed by atoms with E-state index in [2.05, 4.69) is 4.99 Å². The van der Waals surface area contributed by atoms with Crippen molar-refractivity contribution in [1.82, 2.24) is 5.01 Å². The van der Waals surface area contributed by atoms with Gasteiger partial charge in [0.2, 0.25) is 0 Å². The molecule has 8 nitrogen and oxygen atoms in total. The van der Waals surface area contributed by atoms with Gasteiger partial charge in [-0.15, -0.1) is 0 Å². The standard InChI is InChI=1S/C22H30N4O4/c1-15(25-14-17-7-10-19(28-3)13-21(17)29-4)30-12-11-20(26(2)24)22(23)16-5-8-18(27)9-6-16/h5-10,13,27H,11-12,14,23-24H2,1-4H3/b22-20-,25-15+. The summed E-state index contributed by atoms with van der Waals surface area (Å²) in [4.78, 5) is 4.47. The molecular weight excluding hydrogens is 384 g/mol. The summed E-state index contributed by atoms with van der Waals surface area (Å²) in [5, 5.41) is 10.9. The number of hydrogen-bond donors (Lipinski definition) is 3. The molecule has 0 aliphatic heterocycles. The lowest BCUT2D eigenvalue weighted by Crippen LogP contribution is -2.28. The van der Waals surface area contributed by atoms with Crippen molar-refractivity contribution in [2.45, 2.75) is 19.9 Å². The van der Waals surface area contributed by atoms with Crippen LogP contribution < -0.4 is 21.1 Å². The minimum absolute atomic E-state index is 0.179. The molecule has 0 aromatic heterocycles. The summed E-state index contributed by atoms with van der Waals surface area (Å²) in [6, 6.07) is 12.2. The van der Waals surface area contributed by atoms with E-state index in [0.29, 0.717) is 36.9 Å². The molecule has 0 radical (unpaired) electrons. The van der Waals surface area contributed by atoms with Gasteiger partial charge in [0.25, 0.3) is 0 Å². The first kappa shape index (κ1) is 22.9. The Morgan fingerprint density at radius 2 is 1.80 bits per heavy atom. The predicted octanol–water partition coefficient (Wildman–Crippen LogP) is 2.87. The monoisotopic (exact) mass is 414 g/mol. The minimum Gasteiger partial charge on any atom is -0.508 e. The number of hydrazine groups is 1. The van der Waals surface area contributed by atoms with Crippen LogP contribution in [-0.2, 0) is 11.3 Å². The van der Waals surface area contributed by atoms with Crippen molar-refractivity contribution in [3.8, 4) is 17.2 Å². The molecule has 0 bridgehead atoms. The maximum Gasteiger partial charge on any atom is 0.180 e. The Labute approximate surface area is 177 Å². The summed E-state index contributed by atoms with van der Waals surface area (Å²) in [7, 11) is 4.95. The molecule has 0 spiro atoms. The van der Waals surface area contributed by atoms with Crippen molar-refractivity contribution in [3.05, 3.63) is 59.3 Å². The Bertz CT molecular complexity index is 893. The highest BCUT2D eigenvalue weighted by molar-refractivity contribution is 5.73. The van der Waals surface area contributed by atoms with Crippen molar-refractivity contribution in [2.75, 3.05) is 27.9 Å². The van der Waals surface area contributed by atoms with E-state index >= 15 is 0 Å². The number of nitrogens with two attached hydrogens (primary N) is 2. The number of phenols is 1. The van der Waals surface area contributed by atoms with Gasteiger partial charge in [-0.2, -0.15) is 0 Å². The third-order valence-corrected chi connectivity index (χ3v) is 4.53. The van der Waals surface area contributed by atoms with Gasteiger partial charge in [0.15, 0.2) is 5.90 Å². The average molecular weight is 415 g/mol. The third kappa shape index (κ3) is 6.31. The topological polar surface area (TPSA) is 116 Å². The van der Waals surface area contributed by atoms with Crippen LogP contribution in [0.15, 0.2) is 53.2 Å². The maximum atomic E-state index is 9.44. The van der Waals surface area contributed by atoms with E-state index in [1.54, 1.807) is 52.5 Å². The van der Waals surface area contributed by atoms with Gasteiger partial charge < -0.3 is 30.1 Å². The fourth-order valence-corrected chi connectivity index (χ4v) is 2.83. The largest absolute Gasteiger partial charge is 0.508 e. The zero-order chi connectivity index (χ0) is 22.1. The summed E-state index contributed by atoms with van der Waals surface area (Å²) in [5.41, 5.74) is 9.23. The van der Waals surface area contributed by atoms with Gasteiger partial charge in [-0.25, -0.2) is 5.84 Å². The van der Waals surface area contributed by atoms with E-state index in [9.17, 15) is 5.11 Å². The second kappa shape index (κ2) is 11.0. The zero-order valence-electron chi connectivity index (χ0n) is 17.9. The normalized spacial score (nSPS) is 12.2. The highest BCUT2D eigenvalue weighted by Crippen LogP contribution is 2.25. The first-order chi connectivity index (χ1) is 14.3. The van der Waals surface area contributed by atoms with Crippen LogP contribution in [0.4, 0.5) is 0 Å². The summed E-state index contributed by atoms with van der Waals surface area (Å²) < 4.78 is 16.3. The molecule has 0 saturated carbocycles. The Morgan fingerprint density at radius 3 is 2.40 bits per heavy atom. The number of phenolic OH excluding ortho intramolecular Hbond substituents is 1. The van der Waals surface area contributed by atoms with Crippen LogP contribution in [0.3, 0.4) is 0 Å². The Morgan fingerprint density at radius 1 is 1.10 bits per heavy atom. The van der Waals surface area contributed by atoms with Gasteiger partial charge in [-0.05, 0) is 42.0 Å². The molecule has 0 unspecified atom stereocenters. The van der Waals surface area contributed by atoms with E-state index in [4.69, 9.17) is 25.8 Å². The molecule has 8 heteroatoms. The van der Waals surface area contributed by atoms with Crippen LogP contribution in [0.2, 0.25) is 0 Å². The molecule has 2 aromatic carbocycles. The molecule has 2 rings (SSSR count). The van der Waals surface area contributed by atoms with Crippen LogP contribution in [0.5, 0.6) is 17.2 Å². The molecule has 0 amide bonds. The number of hydrogen-bond acceptors (Lipinski definition) is 8. The first-order valence-electron chi connectivity index (χ1n) is 9.47. The van der Waals surface area contributed by atoms with Crippen molar-refractivity contribution in [3.63, 3.8) is 0 Å². The molecule has 0 atom stereocenters. The van der Waals surface area contributed by atoms with Gasteiger partial charge in [-0.3, -0.25) is 4.99 Å². The lowest BCUT2D eigenvalue weighted by Gasteiger charge is -2.20. The van der Waals surface area contributed by atoms with Crippen LogP contribution >= 0.6 is 0 Å². The van der Waals surface area contributed by atoms with Crippen molar-refractivity contribution < 1.29 is 19.3 Å². The highest BCUT2D eigenvalue weighted by atomic mass is 16.5. The van der Waals surface area contributed by atoms with Gasteiger partial charge in [0, 0.05) is 32.0 Å². The third-order valence-electron chi connectivity index (χ3n) is 4.53. The maximum absolute atomic E-state index is 9.44. The molecule has 5 N–H and O–H groups in total. The molecule has 0 saturated heterocycles. The van der Waals surface area contributed by atoms with Crippen LogP contribution in [0, 0.1) is 0 Å². The molecule has 162 valence electrons. The minimum atomic E-state index is 0.179. The number of benzene rings is 2. The second-order valence-electron chi connectivity index (χ2n) is 6.63. The smallest absolute Gasteiger partial charge is 0.180 e. The number of rotatable bonds is 9. The molecule has 0 aliphatic rings. The molecule has 0 fully saturated rings. The number of nitrogens with zero attached hydrogens (tertiary/aromatic N) is 2. The fourth-order valence-electron chi connectivity index (χ4n) is 2.83. The fraction of sp³-hybridized carbons (Fsp3) is 0.318. The Hall–Kier alpha value is -3.39. The average Bonchev–Trinajstić information content (AvgIpc) is 2.74. The quantitative estimate of drug-likeness (QED) is 0.250. The summed E-state index contributed by atoms with van der Waals surface area (Å²) in [5.74, 6) is 8.11. The highest BCUT2D eigenvalue weighted by Gasteiger charge is 2.10. The Kier molecular flexibility index (Phi) is 8.37.